The Kier molecular flexibility index (Phi) is 4.51. The van der Waals surface area contributed by atoms with Gasteiger partial charge >= 0.3 is 0 Å². The van der Waals surface area contributed by atoms with Gasteiger partial charge in [-0.1, -0.05) is 0 Å². The van der Waals surface area contributed by atoms with Gasteiger partial charge in [0.2, 0.25) is 11.7 Å². The van der Waals surface area contributed by atoms with Gasteiger partial charge in [0.25, 0.3) is 5.91 Å². The number of carbonyl (C=O) groups is 2. The summed E-state index contributed by atoms with van der Waals surface area (Å²) in [6.07, 6.45) is 1.40. The molecule has 0 spiro atoms. The maximum atomic E-state index is 12.9. The molecule has 2 amide bonds. The van der Waals surface area contributed by atoms with Crippen LogP contribution < -0.4 is 14.2 Å². The zero-order valence-corrected chi connectivity index (χ0v) is 14.2. The molecule has 0 radical (unpaired) electrons. The van der Waals surface area contributed by atoms with Gasteiger partial charge in [0, 0.05) is 37.7 Å². The van der Waals surface area contributed by atoms with Crippen LogP contribution in [0.5, 0.6) is 17.2 Å². The molecule has 0 aliphatic carbocycles. The average Bonchev–Trinajstić information content (AvgIpc) is 3.00. The van der Waals surface area contributed by atoms with E-state index in [1.165, 1.54) is 21.3 Å². The SMILES string of the molecule is COc1cc(C(=O)N2CCN3C(=O)CC[C@@H]3C2)cc(OC)c1OC. The molecule has 2 aliphatic rings. The van der Waals surface area contributed by atoms with Crippen LogP contribution in [0.15, 0.2) is 12.1 Å². The van der Waals surface area contributed by atoms with Gasteiger partial charge in [-0.15, -0.1) is 0 Å². The van der Waals surface area contributed by atoms with E-state index in [2.05, 4.69) is 0 Å². The van der Waals surface area contributed by atoms with Crippen LogP contribution in [0.1, 0.15) is 23.2 Å². The topological polar surface area (TPSA) is 68.3 Å². The standard InChI is InChI=1S/C17H22N2O5/c1-22-13-8-11(9-14(23-2)16(13)24-3)17(21)18-6-7-19-12(10-18)4-5-15(19)20/h8-9,12H,4-7,10H2,1-3H3/t12-/m1/s1. The summed E-state index contributed by atoms with van der Waals surface area (Å²) in [5, 5.41) is 0. The second-order valence-electron chi connectivity index (χ2n) is 5.94. The van der Waals surface area contributed by atoms with E-state index in [1.807, 2.05) is 4.90 Å². The van der Waals surface area contributed by atoms with Gasteiger partial charge in [-0.05, 0) is 18.6 Å². The number of ether oxygens (including phenoxy) is 3. The Morgan fingerprint density at radius 3 is 2.33 bits per heavy atom. The van der Waals surface area contributed by atoms with Gasteiger partial charge in [0.1, 0.15) is 0 Å². The number of piperazine rings is 1. The molecule has 0 saturated carbocycles. The molecule has 1 aromatic rings. The number of nitrogens with zero attached hydrogens (tertiary/aromatic N) is 2. The summed E-state index contributed by atoms with van der Waals surface area (Å²) in [4.78, 5) is 28.3. The fourth-order valence-electron chi connectivity index (χ4n) is 3.44. The Labute approximate surface area is 141 Å². The number of benzene rings is 1. The first-order chi connectivity index (χ1) is 11.6. The van der Waals surface area contributed by atoms with Crippen LogP contribution in [0.3, 0.4) is 0 Å². The van der Waals surface area contributed by atoms with Crippen molar-refractivity contribution in [1.29, 1.82) is 0 Å². The van der Waals surface area contributed by atoms with Crippen LogP contribution >= 0.6 is 0 Å². The molecule has 0 unspecified atom stereocenters. The second kappa shape index (κ2) is 6.59. The fourth-order valence-corrected chi connectivity index (χ4v) is 3.44. The summed E-state index contributed by atoms with van der Waals surface area (Å²) in [7, 11) is 4.57. The van der Waals surface area contributed by atoms with Crippen LogP contribution in [0, 0.1) is 0 Å². The van der Waals surface area contributed by atoms with Crippen molar-refractivity contribution in [2.24, 2.45) is 0 Å². The highest BCUT2D eigenvalue weighted by Crippen LogP contribution is 2.38. The summed E-state index contributed by atoms with van der Waals surface area (Å²) in [5.74, 6) is 1.47. The lowest BCUT2D eigenvalue weighted by Crippen LogP contribution is -2.53. The quantitative estimate of drug-likeness (QED) is 0.826. The Morgan fingerprint density at radius 2 is 1.75 bits per heavy atom. The van der Waals surface area contributed by atoms with Gasteiger partial charge in [-0.2, -0.15) is 0 Å². The first-order valence-electron chi connectivity index (χ1n) is 7.97. The van der Waals surface area contributed by atoms with Gasteiger partial charge in [-0.25, -0.2) is 0 Å². The third-order valence-corrected chi connectivity index (χ3v) is 4.69. The van der Waals surface area contributed by atoms with E-state index < -0.39 is 0 Å². The van der Waals surface area contributed by atoms with Crippen LogP contribution in [0.25, 0.3) is 0 Å². The normalized spacial score (nSPS) is 20.0. The van der Waals surface area contributed by atoms with E-state index in [0.717, 1.165) is 6.42 Å². The molecule has 130 valence electrons. The van der Waals surface area contributed by atoms with Crippen LogP contribution in [-0.2, 0) is 4.79 Å². The third kappa shape index (κ3) is 2.74. The highest BCUT2D eigenvalue weighted by molar-refractivity contribution is 5.96. The molecule has 0 N–H and O–H groups in total. The predicted octanol–water partition coefficient (Wildman–Crippen LogP) is 1.16. The van der Waals surface area contributed by atoms with Gasteiger partial charge in [0.15, 0.2) is 11.5 Å². The molecule has 1 atom stereocenters. The second-order valence-corrected chi connectivity index (χ2v) is 5.94. The number of rotatable bonds is 4. The largest absolute Gasteiger partial charge is 0.493 e. The number of hydrogen-bond donors (Lipinski definition) is 0. The van der Waals surface area contributed by atoms with E-state index in [-0.39, 0.29) is 17.9 Å². The lowest BCUT2D eigenvalue weighted by molar-refractivity contribution is -0.130. The number of fused-ring (bicyclic) bond motifs is 1. The lowest BCUT2D eigenvalue weighted by Gasteiger charge is -2.37. The summed E-state index contributed by atoms with van der Waals surface area (Å²) >= 11 is 0. The van der Waals surface area contributed by atoms with E-state index in [0.29, 0.717) is 48.9 Å². The molecule has 2 fully saturated rings. The minimum atomic E-state index is -0.0896. The molecule has 0 bridgehead atoms. The zero-order chi connectivity index (χ0) is 17.3. The van der Waals surface area contributed by atoms with Crippen molar-refractivity contribution in [1.82, 2.24) is 9.80 Å². The molecule has 2 saturated heterocycles. The van der Waals surface area contributed by atoms with Crippen molar-refractivity contribution in [3.8, 4) is 17.2 Å². The van der Waals surface area contributed by atoms with Crippen LogP contribution in [-0.4, -0.2) is 68.6 Å². The molecule has 7 nitrogen and oxygen atoms in total. The molecule has 1 aromatic carbocycles. The van der Waals surface area contributed by atoms with Crippen molar-refractivity contribution in [2.75, 3.05) is 41.0 Å². The van der Waals surface area contributed by atoms with Crippen LogP contribution in [0.4, 0.5) is 0 Å². The molecular formula is C17H22N2O5. The summed E-state index contributed by atoms with van der Waals surface area (Å²) in [5.41, 5.74) is 0.488. The molecular weight excluding hydrogens is 312 g/mol. The highest BCUT2D eigenvalue weighted by Gasteiger charge is 2.37. The molecule has 2 heterocycles. The maximum absolute atomic E-state index is 12.9. The van der Waals surface area contributed by atoms with Crippen LogP contribution in [0.2, 0.25) is 0 Å². The van der Waals surface area contributed by atoms with Crippen molar-refractivity contribution in [2.45, 2.75) is 18.9 Å². The zero-order valence-electron chi connectivity index (χ0n) is 14.2. The minimum Gasteiger partial charge on any atom is -0.493 e. The number of hydrogen-bond acceptors (Lipinski definition) is 5. The molecule has 7 heteroatoms. The number of amides is 2. The lowest BCUT2D eigenvalue weighted by atomic mass is 10.1. The summed E-state index contributed by atoms with van der Waals surface area (Å²) in [6, 6.07) is 3.46. The Balaban J connectivity index is 1.84. The highest BCUT2D eigenvalue weighted by atomic mass is 16.5. The molecule has 24 heavy (non-hydrogen) atoms. The Morgan fingerprint density at radius 1 is 1.08 bits per heavy atom. The first-order valence-corrected chi connectivity index (χ1v) is 7.97. The van der Waals surface area contributed by atoms with Crippen molar-refractivity contribution in [3.05, 3.63) is 17.7 Å². The Hall–Kier alpha value is -2.44. The van der Waals surface area contributed by atoms with Gasteiger partial charge in [-0.3, -0.25) is 9.59 Å². The molecule has 3 rings (SSSR count). The van der Waals surface area contributed by atoms with Gasteiger partial charge in [0.05, 0.1) is 21.3 Å². The fraction of sp³-hybridized carbons (Fsp3) is 0.529. The van der Waals surface area contributed by atoms with Crippen molar-refractivity contribution in [3.63, 3.8) is 0 Å². The number of carbonyl (C=O) groups excluding carboxylic acids is 2. The van der Waals surface area contributed by atoms with E-state index in [1.54, 1.807) is 17.0 Å². The number of methoxy groups -OCH3 is 3. The van der Waals surface area contributed by atoms with E-state index in [4.69, 9.17) is 14.2 Å². The van der Waals surface area contributed by atoms with E-state index in [9.17, 15) is 9.59 Å². The Bertz CT molecular complexity index is 635. The van der Waals surface area contributed by atoms with Crippen molar-refractivity contribution < 1.29 is 23.8 Å². The predicted molar refractivity (Wildman–Crippen MR) is 86.7 cm³/mol. The minimum absolute atomic E-state index is 0.0896. The van der Waals surface area contributed by atoms with Gasteiger partial charge < -0.3 is 24.0 Å². The summed E-state index contributed by atoms with van der Waals surface area (Å²) < 4.78 is 15.9. The monoisotopic (exact) mass is 334 g/mol. The van der Waals surface area contributed by atoms with Crippen molar-refractivity contribution >= 4 is 11.8 Å². The summed E-state index contributed by atoms with van der Waals surface area (Å²) in [6.45, 7) is 1.71. The molecule has 2 aliphatic heterocycles. The molecule has 0 aromatic heterocycles. The first kappa shape index (κ1) is 16.4. The maximum Gasteiger partial charge on any atom is 0.254 e. The third-order valence-electron chi connectivity index (χ3n) is 4.69. The smallest absolute Gasteiger partial charge is 0.254 e. The van der Waals surface area contributed by atoms with E-state index >= 15 is 0 Å². The average molecular weight is 334 g/mol.